The van der Waals surface area contributed by atoms with Crippen LogP contribution in [0.15, 0.2) is 55.0 Å². The lowest BCUT2D eigenvalue weighted by molar-refractivity contribution is 0.0956. The zero-order valence-electron chi connectivity index (χ0n) is 12.8. The molecule has 0 saturated heterocycles. The van der Waals surface area contributed by atoms with Gasteiger partial charge in [-0.2, -0.15) is 0 Å². The number of carbonyl (C=O) groups excluding carboxylic acids is 1. The molecule has 0 aliphatic rings. The molecular weight excluding hydrogens is 364 g/mol. The lowest BCUT2D eigenvalue weighted by Crippen LogP contribution is -2.22. The summed E-state index contributed by atoms with van der Waals surface area (Å²) in [6.45, 7) is 0. The van der Waals surface area contributed by atoms with Crippen LogP contribution in [-0.4, -0.2) is 15.8 Å². The summed E-state index contributed by atoms with van der Waals surface area (Å²) in [5.41, 5.74) is 7.96. The largest absolute Gasteiger partial charge is 0.317 e. The summed E-state index contributed by atoms with van der Waals surface area (Å²) in [4.78, 5) is 20.4. The SMILES string of the molecule is NC(C(=O)c1ccc(-c2cncc(F)c2)cn1)c1ccc(Cl)c(Cl)c1. The summed E-state index contributed by atoms with van der Waals surface area (Å²) in [6, 6.07) is 8.41. The van der Waals surface area contributed by atoms with Crippen LogP contribution in [0.4, 0.5) is 4.39 Å². The van der Waals surface area contributed by atoms with Crippen molar-refractivity contribution in [1.82, 2.24) is 9.97 Å². The van der Waals surface area contributed by atoms with Crippen LogP contribution >= 0.6 is 23.2 Å². The van der Waals surface area contributed by atoms with Crippen molar-refractivity contribution in [2.24, 2.45) is 5.73 Å². The highest BCUT2D eigenvalue weighted by molar-refractivity contribution is 6.42. The molecule has 4 nitrogen and oxygen atoms in total. The third-order valence-electron chi connectivity index (χ3n) is 3.64. The van der Waals surface area contributed by atoms with Gasteiger partial charge < -0.3 is 5.73 Å². The maximum atomic E-state index is 13.2. The first-order chi connectivity index (χ1) is 12.0. The lowest BCUT2D eigenvalue weighted by Gasteiger charge is -2.12. The molecule has 2 N–H and O–H groups in total. The Kier molecular flexibility index (Phi) is 5.08. The molecule has 1 aromatic carbocycles. The molecule has 2 aromatic heterocycles. The topological polar surface area (TPSA) is 68.9 Å². The Balaban J connectivity index is 1.83. The van der Waals surface area contributed by atoms with Gasteiger partial charge in [-0.25, -0.2) is 4.39 Å². The minimum Gasteiger partial charge on any atom is -0.317 e. The van der Waals surface area contributed by atoms with E-state index in [0.717, 1.165) is 6.20 Å². The highest BCUT2D eigenvalue weighted by Crippen LogP contribution is 2.26. The van der Waals surface area contributed by atoms with Crippen LogP contribution < -0.4 is 5.73 Å². The number of hydrogen-bond donors (Lipinski definition) is 1. The first-order valence-corrected chi connectivity index (χ1v) is 8.03. The van der Waals surface area contributed by atoms with Gasteiger partial charge in [0.05, 0.1) is 22.3 Å². The molecule has 3 rings (SSSR count). The molecule has 0 amide bonds. The fraction of sp³-hybridized carbons (Fsp3) is 0.0556. The van der Waals surface area contributed by atoms with Crippen LogP contribution in [-0.2, 0) is 0 Å². The number of halogens is 3. The van der Waals surface area contributed by atoms with E-state index in [-0.39, 0.29) is 11.5 Å². The molecule has 25 heavy (non-hydrogen) atoms. The molecule has 7 heteroatoms. The maximum Gasteiger partial charge on any atom is 0.202 e. The van der Waals surface area contributed by atoms with Gasteiger partial charge in [0.2, 0.25) is 5.78 Å². The molecule has 0 aliphatic heterocycles. The molecule has 126 valence electrons. The van der Waals surface area contributed by atoms with Crippen LogP contribution in [0, 0.1) is 5.82 Å². The fourth-order valence-electron chi connectivity index (χ4n) is 2.30. The summed E-state index contributed by atoms with van der Waals surface area (Å²) in [5.74, 6) is -0.804. The zero-order valence-corrected chi connectivity index (χ0v) is 14.3. The smallest absolute Gasteiger partial charge is 0.202 e. The molecule has 0 bridgehead atoms. The monoisotopic (exact) mass is 375 g/mol. The fourth-order valence-corrected chi connectivity index (χ4v) is 2.60. The van der Waals surface area contributed by atoms with E-state index in [1.807, 2.05) is 0 Å². The Labute approximate surface area is 153 Å². The molecule has 2 heterocycles. The number of aromatic nitrogens is 2. The Hall–Kier alpha value is -2.34. The summed E-state index contributed by atoms with van der Waals surface area (Å²) in [7, 11) is 0. The van der Waals surface area contributed by atoms with Gasteiger partial charge in [0, 0.05) is 23.5 Å². The van der Waals surface area contributed by atoms with Crippen LogP contribution in [0.2, 0.25) is 10.0 Å². The highest BCUT2D eigenvalue weighted by Gasteiger charge is 2.20. The third kappa shape index (κ3) is 3.85. The standard InChI is InChI=1S/C18H12Cl2FN3O/c19-14-3-1-10(6-15(14)20)17(22)18(25)16-4-2-11(8-24-16)12-5-13(21)9-23-7-12/h1-9,17H,22H2. The minimum absolute atomic E-state index is 0.201. The van der Waals surface area contributed by atoms with Crippen molar-refractivity contribution in [3.63, 3.8) is 0 Å². The average Bonchev–Trinajstić information content (AvgIpc) is 2.63. The number of nitrogens with two attached hydrogens (primary N) is 1. The maximum absolute atomic E-state index is 13.2. The van der Waals surface area contributed by atoms with Crippen molar-refractivity contribution in [2.45, 2.75) is 6.04 Å². The number of hydrogen-bond acceptors (Lipinski definition) is 4. The van der Waals surface area contributed by atoms with Gasteiger partial charge >= 0.3 is 0 Å². The van der Waals surface area contributed by atoms with Crippen molar-refractivity contribution in [2.75, 3.05) is 0 Å². The van der Waals surface area contributed by atoms with E-state index in [2.05, 4.69) is 9.97 Å². The van der Waals surface area contributed by atoms with Crippen molar-refractivity contribution >= 4 is 29.0 Å². The van der Waals surface area contributed by atoms with Crippen molar-refractivity contribution in [3.05, 3.63) is 82.1 Å². The molecule has 0 fully saturated rings. The second-order valence-electron chi connectivity index (χ2n) is 5.34. The van der Waals surface area contributed by atoms with Crippen molar-refractivity contribution < 1.29 is 9.18 Å². The molecule has 1 unspecified atom stereocenters. The highest BCUT2D eigenvalue weighted by atomic mass is 35.5. The van der Waals surface area contributed by atoms with Gasteiger partial charge in [-0.3, -0.25) is 14.8 Å². The molecule has 0 radical (unpaired) electrons. The molecular formula is C18H12Cl2FN3O. The van der Waals surface area contributed by atoms with Gasteiger partial charge in [0.25, 0.3) is 0 Å². The third-order valence-corrected chi connectivity index (χ3v) is 4.38. The summed E-state index contributed by atoms with van der Waals surface area (Å²) >= 11 is 11.8. The van der Waals surface area contributed by atoms with Gasteiger partial charge in [-0.15, -0.1) is 0 Å². The number of benzene rings is 1. The van der Waals surface area contributed by atoms with Crippen molar-refractivity contribution in [3.8, 4) is 11.1 Å². The number of rotatable bonds is 4. The minimum atomic E-state index is -0.913. The number of ketones is 1. The number of nitrogens with zero attached hydrogens (tertiary/aromatic N) is 2. The second kappa shape index (κ2) is 7.27. The molecule has 3 aromatic rings. The van der Waals surface area contributed by atoms with Gasteiger partial charge in [-0.05, 0) is 29.8 Å². The van der Waals surface area contributed by atoms with Gasteiger partial charge in [0.15, 0.2) is 0 Å². The van der Waals surface area contributed by atoms with Crippen LogP contribution in [0.3, 0.4) is 0 Å². The van der Waals surface area contributed by atoms with E-state index in [1.165, 1.54) is 18.5 Å². The van der Waals surface area contributed by atoms with Gasteiger partial charge in [0.1, 0.15) is 11.5 Å². The van der Waals surface area contributed by atoms with E-state index in [9.17, 15) is 9.18 Å². The lowest BCUT2D eigenvalue weighted by atomic mass is 10.0. The predicted molar refractivity (Wildman–Crippen MR) is 95.1 cm³/mol. The number of pyridine rings is 2. The molecule has 1 atom stereocenters. The molecule has 0 spiro atoms. The van der Waals surface area contributed by atoms with Crippen LogP contribution in [0.1, 0.15) is 22.1 Å². The predicted octanol–water partition coefficient (Wildman–Crippen LogP) is 4.47. The van der Waals surface area contributed by atoms with Crippen LogP contribution in [0.5, 0.6) is 0 Å². The Morgan fingerprint density at radius 1 is 1.00 bits per heavy atom. The molecule has 0 saturated carbocycles. The Morgan fingerprint density at radius 2 is 1.80 bits per heavy atom. The first kappa shape index (κ1) is 17.5. The van der Waals surface area contributed by atoms with E-state index < -0.39 is 11.9 Å². The quantitative estimate of drug-likeness (QED) is 0.682. The number of Topliss-reactive ketones (excluding diaryl/α,β-unsaturated/α-hetero) is 1. The summed E-state index contributed by atoms with van der Waals surface area (Å²) in [5, 5.41) is 0.709. The first-order valence-electron chi connectivity index (χ1n) is 7.27. The van der Waals surface area contributed by atoms with E-state index in [0.29, 0.717) is 26.7 Å². The van der Waals surface area contributed by atoms with E-state index in [4.69, 9.17) is 28.9 Å². The van der Waals surface area contributed by atoms with Crippen LogP contribution in [0.25, 0.3) is 11.1 Å². The Morgan fingerprint density at radius 3 is 2.44 bits per heavy atom. The Bertz CT molecular complexity index is 932. The molecule has 0 aliphatic carbocycles. The second-order valence-corrected chi connectivity index (χ2v) is 6.15. The average molecular weight is 376 g/mol. The zero-order chi connectivity index (χ0) is 18.0. The van der Waals surface area contributed by atoms with E-state index >= 15 is 0 Å². The van der Waals surface area contributed by atoms with Crippen molar-refractivity contribution in [1.29, 1.82) is 0 Å². The summed E-state index contributed by atoms with van der Waals surface area (Å²) in [6.07, 6.45) is 4.11. The van der Waals surface area contributed by atoms with Gasteiger partial charge in [-0.1, -0.05) is 35.3 Å². The summed E-state index contributed by atoms with van der Waals surface area (Å²) < 4.78 is 13.2. The van der Waals surface area contributed by atoms with E-state index in [1.54, 1.807) is 30.3 Å². The number of carbonyl (C=O) groups is 1. The normalized spacial score (nSPS) is 12.0.